The molecule has 2 atom stereocenters. The normalized spacial score (nSPS) is 19.4. The van der Waals surface area contributed by atoms with E-state index in [1.54, 1.807) is 12.3 Å². The maximum absolute atomic E-state index is 11.3. The van der Waals surface area contributed by atoms with E-state index in [2.05, 4.69) is 15.6 Å². The molecule has 3 aromatic rings. The molecule has 1 aromatic carbocycles. The summed E-state index contributed by atoms with van der Waals surface area (Å²) in [5.41, 5.74) is 4.08. The van der Waals surface area contributed by atoms with Gasteiger partial charge >= 0.3 is 5.97 Å². The first-order valence-electron chi connectivity index (χ1n) is 12.9. The van der Waals surface area contributed by atoms with E-state index in [0.717, 1.165) is 53.5 Å². The van der Waals surface area contributed by atoms with Crippen molar-refractivity contribution >= 4 is 28.6 Å². The molecule has 2 heterocycles. The van der Waals surface area contributed by atoms with Crippen LogP contribution in [0.5, 0.6) is 0 Å². The van der Waals surface area contributed by atoms with Gasteiger partial charge in [0, 0.05) is 47.9 Å². The standard InChI is InChI=1S/C29H34ClN3O4/c1-18(11-26(35)36)10-25(34)27-24-13-21(14-31)15-32-29(24)33(2)28(27)22-8-6-19(7-9-22)16-37-17-20-4-3-5-23(30)12-20/h3-5,12-13,15,18-19,22,25,34H,6-11,16-17H2,1-2H3,(H,35,36). The number of fused-ring (bicyclic) bond motifs is 1. The van der Waals surface area contributed by atoms with Crippen molar-refractivity contribution in [3.8, 4) is 6.07 Å². The van der Waals surface area contributed by atoms with E-state index < -0.39 is 12.1 Å². The number of aromatic nitrogens is 2. The molecule has 0 radical (unpaired) electrons. The number of aliphatic carboxylic acids is 1. The minimum Gasteiger partial charge on any atom is -0.481 e. The Balaban J connectivity index is 1.50. The second-order valence-electron chi connectivity index (χ2n) is 10.4. The first kappa shape index (κ1) is 27.1. The number of aliphatic hydroxyl groups excluding tert-OH is 1. The molecule has 1 saturated carbocycles. The lowest BCUT2D eigenvalue weighted by Crippen LogP contribution is -2.20. The van der Waals surface area contributed by atoms with Crippen molar-refractivity contribution < 1.29 is 19.7 Å². The van der Waals surface area contributed by atoms with Gasteiger partial charge in [-0.05, 0) is 73.6 Å². The molecule has 7 nitrogen and oxygen atoms in total. The van der Waals surface area contributed by atoms with Gasteiger partial charge < -0.3 is 19.5 Å². The Bertz CT molecular complexity index is 1290. The minimum atomic E-state index is -0.873. The van der Waals surface area contributed by atoms with Crippen molar-refractivity contribution in [2.75, 3.05) is 6.61 Å². The molecular weight excluding hydrogens is 490 g/mol. The van der Waals surface area contributed by atoms with Gasteiger partial charge in [-0.25, -0.2) is 4.98 Å². The molecule has 2 unspecified atom stereocenters. The third-order valence-corrected chi connectivity index (χ3v) is 7.70. The molecule has 37 heavy (non-hydrogen) atoms. The first-order chi connectivity index (χ1) is 17.8. The molecule has 196 valence electrons. The van der Waals surface area contributed by atoms with Gasteiger partial charge in [-0.15, -0.1) is 0 Å². The summed E-state index contributed by atoms with van der Waals surface area (Å²) in [5.74, 6) is -0.344. The number of hydrogen-bond donors (Lipinski definition) is 2. The zero-order valence-corrected chi connectivity index (χ0v) is 22.1. The number of ether oxygens (including phenoxy) is 1. The average Bonchev–Trinajstić information content (AvgIpc) is 3.15. The number of pyridine rings is 1. The Hall–Kier alpha value is -2.92. The van der Waals surface area contributed by atoms with Crippen LogP contribution in [-0.2, 0) is 23.2 Å². The molecule has 0 bridgehead atoms. The summed E-state index contributed by atoms with van der Waals surface area (Å²) in [5, 5.41) is 31.5. The number of aryl methyl sites for hydroxylation is 1. The highest BCUT2D eigenvalue weighted by Gasteiger charge is 2.31. The smallest absolute Gasteiger partial charge is 0.303 e. The van der Waals surface area contributed by atoms with Gasteiger partial charge in [0.25, 0.3) is 0 Å². The summed E-state index contributed by atoms with van der Waals surface area (Å²) >= 11 is 6.07. The number of halogens is 1. The van der Waals surface area contributed by atoms with Crippen LogP contribution in [0.2, 0.25) is 5.02 Å². The van der Waals surface area contributed by atoms with Crippen LogP contribution in [0.1, 0.15) is 79.9 Å². The summed E-state index contributed by atoms with van der Waals surface area (Å²) < 4.78 is 8.05. The highest BCUT2D eigenvalue weighted by molar-refractivity contribution is 6.30. The molecule has 0 saturated heterocycles. The number of carboxylic acids is 1. The van der Waals surface area contributed by atoms with E-state index in [0.29, 0.717) is 36.1 Å². The molecule has 2 aromatic heterocycles. The van der Waals surface area contributed by atoms with Crippen molar-refractivity contribution in [2.24, 2.45) is 18.9 Å². The maximum atomic E-state index is 11.3. The summed E-state index contributed by atoms with van der Waals surface area (Å²) in [4.78, 5) is 15.7. The number of nitrogens with zero attached hydrogens (tertiary/aromatic N) is 3. The number of nitriles is 1. The Labute approximate surface area is 222 Å². The average molecular weight is 524 g/mol. The lowest BCUT2D eigenvalue weighted by Gasteiger charge is -2.30. The molecule has 1 aliphatic rings. The van der Waals surface area contributed by atoms with Gasteiger partial charge in [0.2, 0.25) is 0 Å². The highest BCUT2D eigenvalue weighted by atomic mass is 35.5. The van der Waals surface area contributed by atoms with Crippen LogP contribution in [0.25, 0.3) is 11.0 Å². The number of aliphatic hydroxyl groups is 1. The molecule has 8 heteroatoms. The van der Waals surface area contributed by atoms with Crippen molar-refractivity contribution in [2.45, 2.75) is 64.1 Å². The van der Waals surface area contributed by atoms with Crippen LogP contribution >= 0.6 is 11.6 Å². The largest absolute Gasteiger partial charge is 0.481 e. The zero-order chi connectivity index (χ0) is 26.5. The fourth-order valence-corrected chi connectivity index (χ4v) is 5.93. The molecule has 2 N–H and O–H groups in total. The predicted molar refractivity (Wildman–Crippen MR) is 142 cm³/mol. The zero-order valence-electron chi connectivity index (χ0n) is 21.4. The van der Waals surface area contributed by atoms with Crippen LogP contribution in [0.3, 0.4) is 0 Å². The van der Waals surface area contributed by atoms with Gasteiger partial charge in [0.15, 0.2) is 0 Å². The van der Waals surface area contributed by atoms with Crippen LogP contribution < -0.4 is 0 Å². The van der Waals surface area contributed by atoms with Crippen LogP contribution in [0, 0.1) is 23.2 Å². The van der Waals surface area contributed by atoms with Crippen LogP contribution in [0.15, 0.2) is 36.5 Å². The lowest BCUT2D eigenvalue weighted by molar-refractivity contribution is -0.138. The van der Waals surface area contributed by atoms with Gasteiger partial charge in [-0.3, -0.25) is 4.79 Å². The topological polar surface area (TPSA) is 108 Å². The number of rotatable bonds is 10. The third kappa shape index (κ3) is 6.51. The number of hydrogen-bond acceptors (Lipinski definition) is 5. The van der Waals surface area contributed by atoms with Gasteiger partial charge in [-0.1, -0.05) is 30.7 Å². The Kier molecular flexibility index (Phi) is 8.86. The van der Waals surface area contributed by atoms with Crippen molar-refractivity contribution in [1.29, 1.82) is 5.26 Å². The molecule has 0 aliphatic heterocycles. The Morgan fingerprint density at radius 3 is 2.73 bits per heavy atom. The third-order valence-electron chi connectivity index (χ3n) is 7.47. The van der Waals surface area contributed by atoms with E-state index in [-0.39, 0.29) is 18.3 Å². The number of carbonyl (C=O) groups is 1. The van der Waals surface area contributed by atoms with Gasteiger partial charge in [0.05, 0.1) is 18.3 Å². The van der Waals surface area contributed by atoms with E-state index in [1.807, 2.05) is 38.2 Å². The predicted octanol–water partition coefficient (Wildman–Crippen LogP) is 6.12. The van der Waals surface area contributed by atoms with Crippen molar-refractivity contribution in [3.05, 3.63) is 63.9 Å². The van der Waals surface area contributed by atoms with E-state index in [9.17, 15) is 20.3 Å². The van der Waals surface area contributed by atoms with Gasteiger partial charge in [-0.2, -0.15) is 5.26 Å². The minimum absolute atomic E-state index is 0.000843. The molecule has 1 aliphatic carbocycles. The maximum Gasteiger partial charge on any atom is 0.303 e. The fraction of sp³-hybridized carbons (Fsp3) is 0.483. The number of benzene rings is 1. The second kappa shape index (κ2) is 12.1. The molecular formula is C29H34ClN3O4. The van der Waals surface area contributed by atoms with E-state index in [4.69, 9.17) is 16.3 Å². The van der Waals surface area contributed by atoms with Crippen molar-refractivity contribution in [1.82, 2.24) is 9.55 Å². The van der Waals surface area contributed by atoms with Crippen LogP contribution in [-0.4, -0.2) is 32.3 Å². The Morgan fingerprint density at radius 2 is 2.05 bits per heavy atom. The molecule has 1 fully saturated rings. The van der Waals surface area contributed by atoms with Gasteiger partial charge in [0.1, 0.15) is 11.7 Å². The lowest BCUT2D eigenvalue weighted by atomic mass is 9.78. The quantitative estimate of drug-likeness (QED) is 0.331. The summed E-state index contributed by atoms with van der Waals surface area (Å²) in [6.07, 6.45) is 5.02. The molecule has 0 amide bonds. The SMILES string of the molecule is CC(CC(=O)O)CC(O)c1c(C2CCC(COCc3cccc(Cl)c3)CC2)n(C)c2ncc(C#N)cc12. The summed E-state index contributed by atoms with van der Waals surface area (Å²) in [6, 6.07) is 11.7. The van der Waals surface area contributed by atoms with Crippen molar-refractivity contribution in [3.63, 3.8) is 0 Å². The number of carboxylic acid groups (broad SMARTS) is 1. The monoisotopic (exact) mass is 523 g/mol. The van der Waals surface area contributed by atoms with Crippen LogP contribution in [0.4, 0.5) is 0 Å². The van der Waals surface area contributed by atoms with E-state index in [1.165, 1.54) is 0 Å². The van der Waals surface area contributed by atoms with E-state index >= 15 is 0 Å². The molecule has 4 rings (SSSR count). The Morgan fingerprint density at radius 1 is 1.30 bits per heavy atom. The highest BCUT2D eigenvalue weighted by Crippen LogP contribution is 2.43. The summed E-state index contributed by atoms with van der Waals surface area (Å²) in [7, 11) is 1.97. The molecule has 0 spiro atoms. The first-order valence-corrected chi connectivity index (χ1v) is 13.2. The fourth-order valence-electron chi connectivity index (χ4n) is 5.71. The summed E-state index contributed by atoms with van der Waals surface area (Å²) in [6.45, 7) is 3.08. The second-order valence-corrected chi connectivity index (χ2v) is 10.8.